The number of pyridine rings is 1. The number of esters is 1. The van der Waals surface area contributed by atoms with Gasteiger partial charge in [-0.1, -0.05) is 18.5 Å². The van der Waals surface area contributed by atoms with Crippen LogP contribution in [0.1, 0.15) is 30.1 Å². The summed E-state index contributed by atoms with van der Waals surface area (Å²) in [7, 11) is 0. The van der Waals surface area contributed by atoms with Gasteiger partial charge in [0.1, 0.15) is 5.15 Å². The average molecular weight is 297 g/mol. The number of amides is 1. The van der Waals surface area contributed by atoms with Crippen molar-refractivity contribution in [2.45, 2.75) is 19.8 Å². The summed E-state index contributed by atoms with van der Waals surface area (Å²) < 4.78 is 5.00. The van der Waals surface area contributed by atoms with E-state index in [0.717, 1.165) is 25.9 Å². The Labute approximate surface area is 122 Å². The van der Waals surface area contributed by atoms with Gasteiger partial charge in [0.05, 0.1) is 5.56 Å². The number of halogens is 1. The van der Waals surface area contributed by atoms with Crippen LogP contribution in [0.2, 0.25) is 5.15 Å². The predicted octanol–water partition coefficient (Wildman–Crippen LogP) is 2.15. The van der Waals surface area contributed by atoms with E-state index in [0.29, 0.717) is 11.1 Å². The molecule has 0 bridgehead atoms. The van der Waals surface area contributed by atoms with E-state index in [-0.39, 0.29) is 18.1 Å². The van der Waals surface area contributed by atoms with Crippen LogP contribution in [0, 0.1) is 5.92 Å². The van der Waals surface area contributed by atoms with Crippen molar-refractivity contribution in [1.29, 1.82) is 0 Å². The molecule has 1 saturated heterocycles. The molecule has 20 heavy (non-hydrogen) atoms. The van der Waals surface area contributed by atoms with Gasteiger partial charge < -0.3 is 9.64 Å². The van der Waals surface area contributed by atoms with Crippen molar-refractivity contribution in [3.8, 4) is 0 Å². The first-order valence-corrected chi connectivity index (χ1v) is 7.00. The number of likely N-dealkylation sites (tertiary alicyclic amines) is 1. The minimum Gasteiger partial charge on any atom is -0.452 e. The molecule has 1 aliphatic heterocycles. The first-order chi connectivity index (χ1) is 9.56. The van der Waals surface area contributed by atoms with E-state index in [4.69, 9.17) is 16.3 Å². The first-order valence-electron chi connectivity index (χ1n) is 6.62. The van der Waals surface area contributed by atoms with Gasteiger partial charge in [-0.3, -0.25) is 4.79 Å². The fourth-order valence-electron chi connectivity index (χ4n) is 2.21. The van der Waals surface area contributed by atoms with Crippen molar-refractivity contribution in [3.63, 3.8) is 0 Å². The second-order valence-corrected chi connectivity index (χ2v) is 5.42. The van der Waals surface area contributed by atoms with Crippen LogP contribution >= 0.6 is 11.6 Å². The van der Waals surface area contributed by atoms with Crippen LogP contribution in [0.5, 0.6) is 0 Å². The molecule has 0 N–H and O–H groups in total. The van der Waals surface area contributed by atoms with Crippen LogP contribution in [0.3, 0.4) is 0 Å². The Morgan fingerprint density at radius 2 is 2.30 bits per heavy atom. The summed E-state index contributed by atoms with van der Waals surface area (Å²) in [4.78, 5) is 29.2. The number of ether oxygens (including phenoxy) is 1. The topological polar surface area (TPSA) is 59.5 Å². The van der Waals surface area contributed by atoms with Gasteiger partial charge in [-0.25, -0.2) is 9.78 Å². The number of rotatable bonds is 3. The minimum atomic E-state index is -0.562. The molecule has 1 aliphatic rings. The lowest BCUT2D eigenvalue weighted by Gasteiger charge is -2.30. The smallest absolute Gasteiger partial charge is 0.340 e. The Morgan fingerprint density at radius 3 is 2.95 bits per heavy atom. The molecule has 1 atom stereocenters. The maximum absolute atomic E-state index is 11.9. The molecule has 0 spiro atoms. The van der Waals surface area contributed by atoms with Gasteiger partial charge in [-0.2, -0.15) is 0 Å². The lowest BCUT2D eigenvalue weighted by molar-refractivity contribution is -0.136. The molecular weight excluding hydrogens is 280 g/mol. The van der Waals surface area contributed by atoms with Crippen LogP contribution < -0.4 is 0 Å². The first kappa shape index (κ1) is 14.8. The number of hydrogen-bond donors (Lipinski definition) is 0. The molecule has 0 saturated carbocycles. The summed E-state index contributed by atoms with van der Waals surface area (Å²) in [6.45, 7) is 3.36. The molecule has 2 rings (SSSR count). The number of carbonyl (C=O) groups excluding carboxylic acids is 2. The molecule has 5 nitrogen and oxygen atoms in total. The summed E-state index contributed by atoms with van der Waals surface area (Å²) in [6, 6.07) is 3.03. The van der Waals surface area contributed by atoms with Crippen molar-refractivity contribution in [3.05, 3.63) is 29.0 Å². The van der Waals surface area contributed by atoms with Crippen LogP contribution in [-0.2, 0) is 9.53 Å². The van der Waals surface area contributed by atoms with Crippen LogP contribution in [0.15, 0.2) is 18.3 Å². The van der Waals surface area contributed by atoms with Crippen LogP contribution in [-0.4, -0.2) is 41.5 Å². The summed E-state index contributed by atoms with van der Waals surface area (Å²) in [5.41, 5.74) is 0.286. The Kier molecular flexibility index (Phi) is 4.95. The fraction of sp³-hybridized carbons (Fsp3) is 0.500. The molecule has 1 fully saturated rings. The third kappa shape index (κ3) is 3.93. The van der Waals surface area contributed by atoms with Gasteiger partial charge in [0.25, 0.3) is 5.91 Å². The van der Waals surface area contributed by atoms with Gasteiger partial charge in [0.2, 0.25) is 0 Å². The molecule has 0 unspecified atom stereocenters. The third-order valence-corrected chi connectivity index (χ3v) is 3.52. The second kappa shape index (κ2) is 6.70. The Morgan fingerprint density at radius 1 is 1.50 bits per heavy atom. The highest BCUT2D eigenvalue weighted by atomic mass is 35.5. The zero-order chi connectivity index (χ0) is 14.5. The molecule has 0 radical (unpaired) electrons. The van der Waals surface area contributed by atoms with E-state index in [9.17, 15) is 9.59 Å². The second-order valence-electron chi connectivity index (χ2n) is 5.03. The van der Waals surface area contributed by atoms with Gasteiger partial charge in [-0.15, -0.1) is 0 Å². The summed E-state index contributed by atoms with van der Waals surface area (Å²) in [5, 5.41) is 0.305. The summed E-state index contributed by atoms with van der Waals surface area (Å²) >= 11 is 5.64. The fourth-order valence-corrected chi connectivity index (χ4v) is 2.33. The molecule has 0 aromatic carbocycles. The quantitative estimate of drug-likeness (QED) is 0.633. The minimum absolute atomic E-state index is 0.146. The van der Waals surface area contributed by atoms with E-state index in [1.807, 2.05) is 0 Å². The third-order valence-electron chi connectivity index (χ3n) is 3.30. The molecule has 1 aromatic rings. The maximum Gasteiger partial charge on any atom is 0.340 e. The highest BCUT2D eigenvalue weighted by Gasteiger charge is 2.22. The van der Waals surface area contributed by atoms with Gasteiger partial charge in [0.15, 0.2) is 6.61 Å². The molecule has 1 aromatic heterocycles. The average Bonchev–Trinajstić information content (AvgIpc) is 2.45. The number of aromatic nitrogens is 1. The van der Waals surface area contributed by atoms with E-state index in [1.54, 1.807) is 4.90 Å². The SMILES string of the molecule is C[C@@H]1CCCN(C(=O)COC(=O)c2ccc(Cl)nc2)C1. The molecule has 0 aliphatic carbocycles. The predicted molar refractivity (Wildman–Crippen MR) is 74.5 cm³/mol. The Balaban J connectivity index is 1.83. The van der Waals surface area contributed by atoms with Crippen LogP contribution in [0.4, 0.5) is 0 Å². The molecule has 2 heterocycles. The molecule has 6 heteroatoms. The van der Waals surface area contributed by atoms with E-state index in [1.165, 1.54) is 18.3 Å². The van der Waals surface area contributed by atoms with E-state index in [2.05, 4.69) is 11.9 Å². The normalized spacial score (nSPS) is 18.7. The number of carbonyl (C=O) groups is 2. The zero-order valence-electron chi connectivity index (χ0n) is 11.3. The molecular formula is C14H17ClN2O3. The number of piperidine rings is 1. The van der Waals surface area contributed by atoms with Crippen molar-refractivity contribution in [1.82, 2.24) is 9.88 Å². The van der Waals surface area contributed by atoms with Crippen molar-refractivity contribution < 1.29 is 14.3 Å². The highest BCUT2D eigenvalue weighted by molar-refractivity contribution is 6.29. The number of hydrogen-bond acceptors (Lipinski definition) is 4. The summed E-state index contributed by atoms with van der Waals surface area (Å²) in [6.07, 6.45) is 3.47. The Bertz CT molecular complexity index is 490. The molecule has 1 amide bonds. The van der Waals surface area contributed by atoms with Crippen LogP contribution in [0.25, 0.3) is 0 Å². The van der Waals surface area contributed by atoms with Crippen molar-refractivity contribution in [2.75, 3.05) is 19.7 Å². The maximum atomic E-state index is 11.9. The van der Waals surface area contributed by atoms with Crippen molar-refractivity contribution >= 4 is 23.5 Å². The lowest BCUT2D eigenvalue weighted by Crippen LogP contribution is -2.41. The monoisotopic (exact) mass is 296 g/mol. The zero-order valence-corrected chi connectivity index (χ0v) is 12.1. The van der Waals surface area contributed by atoms with Gasteiger partial charge >= 0.3 is 5.97 Å². The Hall–Kier alpha value is -1.62. The molecule has 108 valence electrons. The number of nitrogens with zero attached hydrogens (tertiary/aromatic N) is 2. The van der Waals surface area contributed by atoms with E-state index < -0.39 is 5.97 Å². The van der Waals surface area contributed by atoms with E-state index >= 15 is 0 Å². The van der Waals surface area contributed by atoms with Crippen molar-refractivity contribution in [2.24, 2.45) is 5.92 Å². The lowest BCUT2D eigenvalue weighted by atomic mass is 10.0. The van der Waals surface area contributed by atoms with Gasteiger partial charge in [-0.05, 0) is 30.9 Å². The largest absolute Gasteiger partial charge is 0.452 e. The summed E-state index contributed by atoms with van der Waals surface area (Å²) in [5.74, 6) is -0.205. The highest BCUT2D eigenvalue weighted by Crippen LogP contribution is 2.15. The standard InChI is InChI=1S/C14H17ClN2O3/c1-10-3-2-6-17(8-10)13(18)9-20-14(19)11-4-5-12(15)16-7-11/h4-5,7,10H,2-3,6,8-9H2,1H3/t10-/m1/s1. The van der Waals surface area contributed by atoms with Gasteiger partial charge in [0, 0.05) is 19.3 Å².